The van der Waals surface area contributed by atoms with Crippen LogP contribution in [0.1, 0.15) is 38.8 Å². The SMILES string of the molecule is CC(NC1C2CCOC2C1(C)C)c1ccc(Cl)cc1Cl. The molecular formula is C16H21Cl2NO. The molecule has 110 valence electrons. The summed E-state index contributed by atoms with van der Waals surface area (Å²) in [6, 6.07) is 6.41. The smallest absolute Gasteiger partial charge is 0.0685 e. The minimum atomic E-state index is 0.189. The molecule has 1 aliphatic carbocycles. The lowest BCUT2D eigenvalue weighted by Crippen LogP contribution is -2.66. The van der Waals surface area contributed by atoms with Crippen molar-refractivity contribution >= 4 is 23.2 Å². The van der Waals surface area contributed by atoms with Crippen LogP contribution in [0.5, 0.6) is 0 Å². The minimum Gasteiger partial charge on any atom is -0.377 e. The zero-order valence-electron chi connectivity index (χ0n) is 12.1. The van der Waals surface area contributed by atoms with E-state index in [2.05, 4.69) is 26.1 Å². The van der Waals surface area contributed by atoms with Crippen LogP contribution in [-0.2, 0) is 4.74 Å². The minimum absolute atomic E-state index is 0.189. The molecule has 3 rings (SSSR count). The highest BCUT2D eigenvalue weighted by molar-refractivity contribution is 6.35. The molecule has 4 unspecified atom stereocenters. The maximum absolute atomic E-state index is 6.30. The van der Waals surface area contributed by atoms with Gasteiger partial charge in [-0.3, -0.25) is 0 Å². The zero-order valence-corrected chi connectivity index (χ0v) is 13.6. The van der Waals surface area contributed by atoms with Gasteiger partial charge in [-0.25, -0.2) is 0 Å². The fourth-order valence-corrected chi connectivity index (χ4v) is 4.45. The molecule has 2 aliphatic rings. The number of fused-ring (bicyclic) bond motifs is 1. The predicted molar refractivity (Wildman–Crippen MR) is 83.4 cm³/mol. The first kappa shape index (κ1) is 14.6. The Kier molecular flexibility index (Phi) is 3.79. The Hall–Kier alpha value is -0.280. The Morgan fingerprint density at radius 3 is 2.80 bits per heavy atom. The van der Waals surface area contributed by atoms with E-state index in [1.54, 1.807) is 0 Å². The molecule has 20 heavy (non-hydrogen) atoms. The molecule has 1 heterocycles. The van der Waals surface area contributed by atoms with Crippen LogP contribution in [0.4, 0.5) is 0 Å². The molecule has 1 saturated carbocycles. The molecule has 2 fully saturated rings. The van der Waals surface area contributed by atoms with Gasteiger partial charge < -0.3 is 10.1 Å². The second-order valence-electron chi connectivity index (χ2n) is 6.60. The largest absolute Gasteiger partial charge is 0.377 e. The summed E-state index contributed by atoms with van der Waals surface area (Å²) in [4.78, 5) is 0. The van der Waals surface area contributed by atoms with E-state index in [1.807, 2.05) is 18.2 Å². The van der Waals surface area contributed by atoms with Crippen LogP contribution in [0.15, 0.2) is 18.2 Å². The van der Waals surface area contributed by atoms with Crippen LogP contribution in [0.3, 0.4) is 0 Å². The van der Waals surface area contributed by atoms with Crippen molar-refractivity contribution in [2.45, 2.75) is 45.4 Å². The van der Waals surface area contributed by atoms with Crippen molar-refractivity contribution in [3.05, 3.63) is 33.8 Å². The third-order valence-electron chi connectivity index (χ3n) is 4.96. The van der Waals surface area contributed by atoms with Gasteiger partial charge in [-0.05, 0) is 31.0 Å². The summed E-state index contributed by atoms with van der Waals surface area (Å²) in [5.74, 6) is 0.638. The van der Waals surface area contributed by atoms with Crippen molar-refractivity contribution in [1.82, 2.24) is 5.32 Å². The van der Waals surface area contributed by atoms with E-state index >= 15 is 0 Å². The fourth-order valence-electron chi connectivity index (χ4n) is 3.87. The molecule has 0 bridgehead atoms. The van der Waals surface area contributed by atoms with Crippen LogP contribution >= 0.6 is 23.2 Å². The number of ether oxygens (including phenoxy) is 1. The molecule has 2 nitrogen and oxygen atoms in total. The lowest BCUT2D eigenvalue weighted by atomic mass is 9.57. The van der Waals surface area contributed by atoms with Crippen LogP contribution in [0.25, 0.3) is 0 Å². The summed E-state index contributed by atoms with van der Waals surface area (Å²) >= 11 is 12.3. The first-order chi connectivity index (χ1) is 9.41. The van der Waals surface area contributed by atoms with Gasteiger partial charge in [-0.15, -0.1) is 0 Å². The molecule has 1 aromatic carbocycles. The zero-order chi connectivity index (χ0) is 14.5. The molecule has 1 saturated heterocycles. The standard InChI is InChI=1S/C16H21Cl2NO/c1-9(11-5-4-10(17)8-13(11)18)19-14-12-6-7-20-15(12)16(14,2)3/h4-5,8-9,12,14-15,19H,6-7H2,1-3H3. The molecule has 1 aliphatic heterocycles. The van der Waals surface area contributed by atoms with Gasteiger partial charge in [0.05, 0.1) is 6.10 Å². The summed E-state index contributed by atoms with van der Waals surface area (Å²) in [7, 11) is 0. The summed E-state index contributed by atoms with van der Waals surface area (Å²) in [6.45, 7) is 7.63. The van der Waals surface area contributed by atoms with Gasteiger partial charge in [0.25, 0.3) is 0 Å². The Balaban J connectivity index is 1.74. The van der Waals surface area contributed by atoms with Crippen LogP contribution < -0.4 is 5.32 Å². The first-order valence-corrected chi connectivity index (χ1v) is 7.99. The molecule has 0 radical (unpaired) electrons. The van der Waals surface area contributed by atoms with Crippen molar-refractivity contribution in [3.8, 4) is 0 Å². The Morgan fingerprint density at radius 1 is 1.35 bits per heavy atom. The Labute approximate surface area is 130 Å². The van der Waals surface area contributed by atoms with Gasteiger partial charge in [0.15, 0.2) is 0 Å². The van der Waals surface area contributed by atoms with E-state index in [1.165, 1.54) is 0 Å². The molecule has 4 heteroatoms. The van der Waals surface area contributed by atoms with Gasteiger partial charge in [-0.2, -0.15) is 0 Å². The highest BCUT2D eigenvalue weighted by Crippen LogP contribution is 2.52. The lowest BCUT2D eigenvalue weighted by Gasteiger charge is -2.55. The molecule has 1 aromatic rings. The summed E-state index contributed by atoms with van der Waals surface area (Å²) in [5, 5.41) is 5.16. The summed E-state index contributed by atoms with van der Waals surface area (Å²) in [5.41, 5.74) is 1.29. The van der Waals surface area contributed by atoms with Crippen LogP contribution in [0, 0.1) is 11.3 Å². The average Bonchev–Trinajstić information content (AvgIpc) is 2.82. The quantitative estimate of drug-likeness (QED) is 0.889. The van der Waals surface area contributed by atoms with E-state index in [9.17, 15) is 0 Å². The maximum atomic E-state index is 6.30. The third kappa shape index (κ3) is 2.27. The van der Waals surface area contributed by atoms with Crippen molar-refractivity contribution in [2.24, 2.45) is 11.3 Å². The molecule has 0 spiro atoms. The highest BCUT2D eigenvalue weighted by atomic mass is 35.5. The Morgan fingerprint density at radius 2 is 2.10 bits per heavy atom. The van der Waals surface area contributed by atoms with Crippen molar-refractivity contribution in [3.63, 3.8) is 0 Å². The van der Waals surface area contributed by atoms with Crippen LogP contribution in [-0.4, -0.2) is 18.8 Å². The van der Waals surface area contributed by atoms with E-state index in [4.69, 9.17) is 27.9 Å². The fraction of sp³-hybridized carbons (Fsp3) is 0.625. The molecular weight excluding hydrogens is 293 g/mol. The summed E-state index contributed by atoms with van der Waals surface area (Å²) in [6.07, 6.45) is 1.57. The van der Waals surface area contributed by atoms with Gasteiger partial charge in [0.1, 0.15) is 0 Å². The van der Waals surface area contributed by atoms with Crippen molar-refractivity contribution < 1.29 is 4.74 Å². The molecule has 0 aromatic heterocycles. The number of benzene rings is 1. The third-order valence-corrected chi connectivity index (χ3v) is 5.52. The molecule has 0 amide bonds. The Bertz CT molecular complexity index is 517. The molecule has 4 atom stereocenters. The topological polar surface area (TPSA) is 21.3 Å². The van der Waals surface area contributed by atoms with Gasteiger partial charge in [-0.1, -0.05) is 43.1 Å². The average molecular weight is 314 g/mol. The number of hydrogen-bond acceptors (Lipinski definition) is 2. The van der Waals surface area contributed by atoms with Gasteiger partial charge >= 0.3 is 0 Å². The maximum Gasteiger partial charge on any atom is 0.0685 e. The normalized spacial score (nSPS) is 32.5. The second kappa shape index (κ2) is 5.17. The first-order valence-electron chi connectivity index (χ1n) is 7.24. The van der Waals surface area contributed by atoms with Crippen molar-refractivity contribution in [2.75, 3.05) is 6.61 Å². The van der Waals surface area contributed by atoms with E-state index in [0.29, 0.717) is 23.1 Å². The van der Waals surface area contributed by atoms with Gasteiger partial charge in [0.2, 0.25) is 0 Å². The second-order valence-corrected chi connectivity index (χ2v) is 7.44. The highest BCUT2D eigenvalue weighted by Gasteiger charge is 2.59. The number of hydrogen-bond donors (Lipinski definition) is 1. The van der Waals surface area contributed by atoms with Crippen LogP contribution in [0.2, 0.25) is 10.0 Å². The molecule has 1 N–H and O–H groups in total. The van der Waals surface area contributed by atoms with E-state index < -0.39 is 0 Å². The predicted octanol–water partition coefficient (Wildman–Crippen LogP) is 4.46. The van der Waals surface area contributed by atoms with E-state index in [0.717, 1.165) is 23.6 Å². The summed E-state index contributed by atoms with van der Waals surface area (Å²) < 4.78 is 5.84. The number of halogens is 2. The lowest BCUT2D eigenvalue weighted by molar-refractivity contribution is -0.115. The van der Waals surface area contributed by atoms with E-state index in [-0.39, 0.29) is 11.5 Å². The number of rotatable bonds is 3. The number of nitrogens with one attached hydrogen (secondary N) is 1. The monoisotopic (exact) mass is 313 g/mol. The van der Waals surface area contributed by atoms with Crippen molar-refractivity contribution in [1.29, 1.82) is 0 Å². The van der Waals surface area contributed by atoms with Gasteiger partial charge in [0, 0.05) is 40.1 Å².